The average Bonchev–Trinajstić information content (AvgIpc) is 2.44. The summed E-state index contributed by atoms with van der Waals surface area (Å²) in [4.78, 5) is 0.620. The lowest BCUT2D eigenvalue weighted by Gasteiger charge is -2.17. The van der Waals surface area contributed by atoms with Crippen molar-refractivity contribution in [2.24, 2.45) is 0 Å². The van der Waals surface area contributed by atoms with Crippen LogP contribution in [0.5, 0.6) is 5.75 Å². The first-order valence-electron chi connectivity index (χ1n) is 6.53. The molecule has 0 radical (unpaired) electrons. The Labute approximate surface area is 126 Å². The quantitative estimate of drug-likeness (QED) is 0.529. The number of ether oxygens (including phenoxy) is 3. The fourth-order valence-corrected chi connectivity index (χ4v) is 2.59. The molecule has 0 bridgehead atoms. The number of rotatable bonds is 8. The van der Waals surface area contributed by atoms with Crippen molar-refractivity contribution in [1.29, 1.82) is 0 Å². The summed E-state index contributed by atoms with van der Waals surface area (Å²) < 4.78 is 53.8. The van der Waals surface area contributed by atoms with E-state index in [1.165, 1.54) is 24.9 Å². The summed E-state index contributed by atoms with van der Waals surface area (Å²) in [6.07, 6.45) is -4.77. The number of halogens is 3. The van der Waals surface area contributed by atoms with Crippen molar-refractivity contribution in [3.8, 4) is 5.75 Å². The molecule has 120 valence electrons. The molecule has 3 nitrogen and oxygen atoms in total. The van der Waals surface area contributed by atoms with Gasteiger partial charge in [0.05, 0.1) is 12.7 Å². The fraction of sp³-hybridized carbons (Fsp3) is 0.571. The summed E-state index contributed by atoms with van der Waals surface area (Å²) in [7, 11) is 1.35. The first-order valence-corrected chi connectivity index (χ1v) is 7.52. The molecule has 0 unspecified atom stereocenters. The summed E-state index contributed by atoms with van der Waals surface area (Å²) in [5, 5.41) is 0. The van der Waals surface area contributed by atoms with Crippen LogP contribution in [0.3, 0.4) is 0 Å². The fourth-order valence-electron chi connectivity index (χ4n) is 1.64. The lowest BCUT2D eigenvalue weighted by Crippen LogP contribution is -2.20. The van der Waals surface area contributed by atoms with Crippen molar-refractivity contribution < 1.29 is 27.4 Å². The SMILES string of the molecule is CCOC(CSc1ccc(C(F)(F)F)cc1OC)OCC. The van der Waals surface area contributed by atoms with Crippen LogP contribution in [-0.4, -0.2) is 32.4 Å². The standard InChI is InChI=1S/C14H19F3O3S/c1-4-19-13(20-5-2)9-21-12-7-6-10(14(15,16)17)8-11(12)18-3/h6-8,13H,4-5,9H2,1-3H3. The third kappa shape index (κ3) is 5.76. The van der Waals surface area contributed by atoms with Gasteiger partial charge in [0, 0.05) is 23.9 Å². The van der Waals surface area contributed by atoms with Crippen LogP contribution < -0.4 is 4.74 Å². The van der Waals surface area contributed by atoms with Crippen LogP contribution in [-0.2, 0) is 15.7 Å². The van der Waals surface area contributed by atoms with Gasteiger partial charge in [0.25, 0.3) is 0 Å². The molecular weight excluding hydrogens is 305 g/mol. The highest BCUT2D eigenvalue weighted by atomic mass is 32.2. The van der Waals surface area contributed by atoms with Gasteiger partial charge in [-0.3, -0.25) is 0 Å². The summed E-state index contributed by atoms with van der Waals surface area (Å²) >= 11 is 1.34. The second-order valence-corrected chi connectivity index (χ2v) is 5.08. The van der Waals surface area contributed by atoms with E-state index in [1.54, 1.807) is 0 Å². The van der Waals surface area contributed by atoms with E-state index in [4.69, 9.17) is 14.2 Å². The number of benzene rings is 1. The zero-order chi connectivity index (χ0) is 15.9. The number of hydrogen-bond acceptors (Lipinski definition) is 4. The number of alkyl halides is 3. The molecule has 0 heterocycles. The lowest BCUT2D eigenvalue weighted by molar-refractivity contribution is -0.137. The largest absolute Gasteiger partial charge is 0.496 e. The lowest BCUT2D eigenvalue weighted by atomic mass is 10.2. The number of thioether (sulfide) groups is 1. The first kappa shape index (κ1) is 18.1. The van der Waals surface area contributed by atoms with E-state index >= 15 is 0 Å². The van der Waals surface area contributed by atoms with Gasteiger partial charge in [0.2, 0.25) is 0 Å². The summed E-state index contributed by atoms with van der Waals surface area (Å²) in [6, 6.07) is 3.45. The third-order valence-electron chi connectivity index (χ3n) is 2.57. The first-order chi connectivity index (χ1) is 9.92. The Morgan fingerprint density at radius 3 is 2.24 bits per heavy atom. The van der Waals surface area contributed by atoms with Crippen molar-refractivity contribution in [3.05, 3.63) is 23.8 Å². The van der Waals surface area contributed by atoms with Crippen molar-refractivity contribution in [2.75, 3.05) is 26.1 Å². The van der Waals surface area contributed by atoms with E-state index in [9.17, 15) is 13.2 Å². The smallest absolute Gasteiger partial charge is 0.416 e. The molecule has 0 atom stereocenters. The predicted octanol–water partition coefficient (Wildman–Crippen LogP) is 4.21. The Hall–Kier alpha value is -0.920. The van der Waals surface area contributed by atoms with Gasteiger partial charge in [-0.2, -0.15) is 13.2 Å². The van der Waals surface area contributed by atoms with Gasteiger partial charge in [-0.1, -0.05) is 0 Å². The monoisotopic (exact) mass is 324 g/mol. The van der Waals surface area contributed by atoms with Crippen LogP contribution in [0.15, 0.2) is 23.1 Å². The Kier molecular flexibility index (Phi) is 7.34. The Morgan fingerprint density at radius 2 is 1.76 bits per heavy atom. The normalized spacial score (nSPS) is 12.0. The van der Waals surface area contributed by atoms with Crippen LogP contribution in [0.1, 0.15) is 19.4 Å². The Balaban J connectivity index is 2.78. The predicted molar refractivity (Wildman–Crippen MR) is 75.8 cm³/mol. The minimum atomic E-state index is -4.38. The summed E-state index contributed by atoms with van der Waals surface area (Å²) in [5.41, 5.74) is -0.727. The molecule has 0 aromatic heterocycles. The van der Waals surface area contributed by atoms with E-state index in [-0.39, 0.29) is 5.75 Å². The molecule has 0 amide bonds. The molecule has 0 aliphatic rings. The molecule has 0 fully saturated rings. The zero-order valence-corrected chi connectivity index (χ0v) is 13.0. The molecule has 0 saturated carbocycles. The Morgan fingerprint density at radius 1 is 1.14 bits per heavy atom. The second-order valence-electron chi connectivity index (χ2n) is 4.01. The van der Waals surface area contributed by atoms with E-state index in [1.807, 2.05) is 13.8 Å². The van der Waals surface area contributed by atoms with E-state index < -0.39 is 18.0 Å². The molecule has 1 aromatic rings. The highest BCUT2D eigenvalue weighted by molar-refractivity contribution is 7.99. The topological polar surface area (TPSA) is 27.7 Å². The molecule has 1 rings (SSSR count). The maximum atomic E-state index is 12.6. The molecule has 21 heavy (non-hydrogen) atoms. The highest BCUT2D eigenvalue weighted by Crippen LogP contribution is 2.36. The van der Waals surface area contributed by atoms with Crippen molar-refractivity contribution >= 4 is 11.8 Å². The van der Waals surface area contributed by atoms with E-state index in [2.05, 4.69) is 0 Å². The van der Waals surface area contributed by atoms with Gasteiger partial charge < -0.3 is 14.2 Å². The van der Waals surface area contributed by atoms with E-state index in [0.29, 0.717) is 23.9 Å². The van der Waals surface area contributed by atoms with Gasteiger partial charge in [-0.25, -0.2) is 0 Å². The molecule has 7 heteroatoms. The van der Waals surface area contributed by atoms with Crippen LogP contribution in [0.2, 0.25) is 0 Å². The molecule has 0 saturated heterocycles. The van der Waals surface area contributed by atoms with E-state index in [0.717, 1.165) is 12.1 Å². The van der Waals surface area contributed by atoms with Crippen molar-refractivity contribution in [2.45, 2.75) is 31.2 Å². The minimum absolute atomic E-state index is 0.196. The van der Waals surface area contributed by atoms with Crippen LogP contribution in [0.25, 0.3) is 0 Å². The van der Waals surface area contributed by atoms with Gasteiger partial charge in [-0.05, 0) is 32.0 Å². The Bertz CT molecular complexity index is 432. The molecule has 0 N–H and O–H groups in total. The average molecular weight is 324 g/mol. The van der Waals surface area contributed by atoms with Gasteiger partial charge >= 0.3 is 6.18 Å². The molecule has 1 aromatic carbocycles. The van der Waals surface area contributed by atoms with Crippen molar-refractivity contribution in [1.82, 2.24) is 0 Å². The number of methoxy groups -OCH3 is 1. The van der Waals surface area contributed by atoms with Crippen molar-refractivity contribution in [3.63, 3.8) is 0 Å². The molecule has 0 spiro atoms. The maximum Gasteiger partial charge on any atom is 0.416 e. The van der Waals surface area contributed by atoms with Gasteiger partial charge in [0.15, 0.2) is 6.29 Å². The summed E-state index contributed by atoms with van der Waals surface area (Å²) in [5.74, 6) is 0.671. The second kappa shape index (κ2) is 8.51. The van der Waals surface area contributed by atoms with Gasteiger partial charge in [0.1, 0.15) is 5.75 Å². The zero-order valence-electron chi connectivity index (χ0n) is 12.2. The summed E-state index contributed by atoms with van der Waals surface area (Å²) in [6.45, 7) is 4.73. The van der Waals surface area contributed by atoms with Crippen LogP contribution in [0, 0.1) is 0 Å². The highest BCUT2D eigenvalue weighted by Gasteiger charge is 2.31. The number of hydrogen-bond donors (Lipinski definition) is 0. The minimum Gasteiger partial charge on any atom is -0.496 e. The third-order valence-corrected chi connectivity index (χ3v) is 3.66. The maximum absolute atomic E-state index is 12.6. The van der Waals surface area contributed by atoms with Crippen LogP contribution in [0.4, 0.5) is 13.2 Å². The molecular formula is C14H19F3O3S. The van der Waals surface area contributed by atoms with Gasteiger partial charge in [-0.15, -0.1) is 11.8 Å². The molecule has 0 aliphatic heterocycles. The molecule has 0 aliphatic carbocycles. The van der Waals surface area contributed by atoms with Crippen LogP contribution >= 0.6 is 11.8 Å².